The van der Waals surface area contributed by atoms with Gasteiger partial charge in [-0.1, -0.05) is 145 Å². The van der Waals surface area contributed by atoms with Gasteiger partial charge in [-0.3, -0.25) is 24.0 Å². The number of rotatable bonds is 38. The third-order valence-electron chi connectivity index (χ3n) is 11.2. The number of Topliss-reactive ketones (excluding diaryl/α,β-unsaturated/α-hetero) is 5. The highest BCUT2D eigenvalue weighted by Gasteiger charge is 2.25. The molecule has 2 amide bonds. The highest BCUT2D eigenvalue weighted by molar-refractivity contribution is 7.99. The van der Waals surface area contributed by atoms with Crippen LogP contribution in [0.3, 0.4) is 0 Å². The summed E-state index contributed by atoms with van der Waals surface area (Å²) in [5.74, 6) is 7.16. The summed E-state index contributed by atoms with van der Waals surface area (Å²) in [7, 11) is 4.73. The van der Waals surface area contributed by atoms with E-state index in [1.807, 2.05) is 102 Å². The van der Waals surface area contributed by atoms with Crippen molar-refractivity contribution in [2.75, 3.05) is 130 Å². The van der Waals surface area contributed by atoms with E-state index in [1.165, 1.54) is 6.42 Å². The average Bonchev–Trinajstić information content (AvgIpc) is 3.40. The van der Waals surface area contributed by atoms with Crippen LogP contribution in [0.25, 0.3) is 0 Å². The van der Waals surface area contributed by atoms with E-state index in [9.17, 15) is 33.6 Å². The Labute approximate surface area is 507 Å². The molecular formula is C61H122N2O15S3. The van der Waals surface area contributed by atoms with Gasteiger partial charge in [0.2, 0.25) is 0 Å². The molecule has 0 fully saturated rings. The zero-order chi connectivity index (χ0) is 63.3. The second kappa shape index (κ2) is 61.8. The molecule has 0 spiro atoms. The number of carbonyl (C=O) groups is 7. The van der Waals surface area contributed by atoms with E-state index in [4.69, 9.17) is 37.9 Å². The van der Waals surface area contributed by atoms with Crippen molar-refractivity contribution in [1.82, 2.24) is 10.6 Å². The molecule has 0 aromatic carbocycles. The standard InChI is InChI=1S/C18H34N2O9.C10H20O.C8H16O2.3C8H16OS.CH4/c1-14(2)16(21)15(20-18(23)29-12-10-27-8-6-25-4)13-19-17(22)28-11-9-26-7-5-24-3;1-6-9(4)7-11-10(5)8(2)3;4*1-6(2)8(9)7(3)5-10-4;/h14-15H,5-13H2,1-4H3,(H,19,22)(H,20,23);8-9H,5-7H2,1-4H3;4*6-7H,5H2,1-4H3;1H4. The summed E-state index contributed by atoms with van der Waals surface area (Å²) >= 11 is 5.20. The van der Waals surface area contributed by atoms with Gasteiger partial charge in [0, 0.05) is 104 Å². The van der Waals surface area contributed by atoms with Gasteiger partial charge in [-0.2, -0.15) is 35.3 Å². The lowest BCUT2D eigenvalue weighted by molar-refractivity contribution is -0.127. The van der Waals surface area contributed by atoms with Gasteiger partial charge in [0.15, 0.2) is 5.78 Å². The molecule has 0 bridgehead atoms. The van der Waals surface area contributed by atoms with Gasteiger partial charge in [0.25, 0.3) is 0 Å². The summed E-state index contributed by atoms with van der Waals surface area (Å²) in [5.41, 5.74) is 0. The van der Waals surface area contributed by atoms with Crippen molar-refractivity contribution in [3.05, 3.63) is 12.3 Å². The molecule has 20 heteroatoms. The van der Waals surface area contributed by atoms with Crippen LogP contribution < -0.4 is 10.6 Å². The monoisotopic (exact) mass is 1220 g/mol. The minimum Gasteiger partial charge on any atom is -0.498 e. The molecule has 6 atom stereocenters. The molecule has 0 radical (unpaired) electrons. The van der Waals surface area contributed by atoms with E-state index in [2.05, 4.69) is 44.9 Å². The van der Waals surface area contributed by atoms with Crippen LogP contribution in [0.1, 0.15) is 138 Å². The van der Waals surface area contributed by atoms with E-state index < -0.39 is 18.2 Å². The lowest BCUT2D eigenvalue weighted by atomic mass is 9.98. The second-order valence-electron chi connectivity index (χ2n) is 21.2. The lowest BCUT2D eigenvalue weighted by Crippen LogP contribution is -2.50. The molecule has 0 aliphatic heterocycles. The van der Waals surface area contributed by atoms with Crippen molar-refractivity contribution < 1.29 is 71.5 Å². The number of methoxy groups -OCH3 is 3. The Morgan fingerprint density at radius 1 is 0.420 bits per heavy atom. The number of amides is 2. The fourth-order valence-electron chi connectivity index (χ4n) is 6.06. The Morgan fingerprint density at radius 3 is 1.05 bits per heavy atom. The lowest BCUT2D eigenvalue weighted by Gasteiger charge is -2.19. The maximum absolute atomic E-state index is 12.3. The van der Waals surface area contributed by atoms with Crippen LogP contribution in [-0.4, -0.2) is 177 Å². The summed E-state index contributed by atoms with van der Waals surface area (Å²) in [6.07, 6.45) is 5.77. The number of alkyl carbamates (subject to hydrolysis) is 2. The maximum atomic E-state index is 12.3. The van der Waals surface area contributed by atoms with Crippen LogP contribution >= 0.6 is 35.3 Å². The molecule has 0 aromatic heterocycles. The zero-order valence-electron chi connectivity index (χ0n) is 54.6. The maximum Gasteiger partial charge on any atom is 0.407 e. The van der Waals surface area contributed by atoms with Crippen LogP contribution in [0.5, 0.6) is 0 Å². The summed E-state index contributed by atoms with van der Waals surface area (Å²) in [6, 6.07) is -0.942. The minimum absolute atomic E-state index is 0. The Bertz CT molecular complexity index is 1460. The number of hydrogen-bond donors (Lipinski definition) is 2. The Hall–Kier alpha value is -2.72. The quantitative estimate of drug-likeness (QED) is 0.0434. The van der Waals surface area contributed by atoms with Crippen LogP contribution in [0.2, 0.25) is 0 Å². The van der Waals surface area contributed by atoms with E-state index in [-0.39, 0.29) is 105 Å². The molecule has 17 nitrogen and oxygen atoms in total. The topological polar surface area (TPSA) is 217 Å². The molecular weight excluding hydrogens is 1100 g/mol. The van der Waals surface area contributed by atoms with Gasteiger partial charge in [0.05, 0.1) is 58.6 Å². The predicted octanol–water partition coefficient (Wildman–Crippen LogP) is 12.3. The largest absolute Gasteiger partial charge is 0.498 e. The van der Waals surface area contributed by atoms with Crippen LogP contribution in [0, 0.1) is 65.1 Å². The summed E-state index contributed by atoms with van der Waals surface area (Å²) in [4.78, 5) is 80.7. The molecule has 0 saturated heterocycles. The first-order valence-electron chi connectivity index (χ1n) is 28.3. The normalized spacial score (nSPS) is 12.8. The number of thioether (sulfide) groups is 3. The Kier molecular flexibility index (Phi) is 70.2. The van der Waals surface area contributed by atoms with E-state index in [1.54, 1.807) is 70.5 Å². The molecule has 6 unspecified atom stereocenters. The van der Waals surface area contributed by atoms with Crippen molar-refractivity contribution in [2.24, 2.45) is 65.1 Å². The molecule has 0 saturated carbocycles. The molecule has 0 heterocycles. The Morgan fingerprint density at radius 2 is 0.753 bits per heavy atom. The second-order valence-corrected chi connectivity index (χ2v) is 23.9. The fraction of sp³-hybridized carbons (Fsp3) is 0.852. The first-order valence-corrected chi connectivity index (χ1v) is 32.5. The predicted molar refractivity (Wildman–Crippen MR) is 342 cm³/mol. The van der Waals surface area contributed by atoms with Gasteiger partial charge < -0.3 is 48.5 Å². The highest BCUT2D eigenvalue weighted by Crippen LogP contribution is 2.14. The Balaban J connectivity index is -0.000000176. The number of allylic oxidation sites excluding steroid dienone is 1. The number of ketones is 5. The molecule has 0 aliphatic rings. The van der Waals surface area contributed by atoms with E-state index >= 15 is 0 Å². The minimum atomic E-state index is -0.942. The van der Waals surface area contributed by atoms with Gasteiger partial charge in [-0.05, 0) is 24.7 Å². The van der Waals surface area contributed by atoms with Gasteiger partial charge in [0.1, 0.15) is 42.4 Å². The van der Waals surface area contributed by atoms with Crippen LogP contribution in [0.4, 0.5) is 9.59 Å². The number of ether oxygens (including phenoxy) is 8. The first-order chi connectivity index (χ1) is 37.4. The van der Waals surface area contributed by atoms with Crippen molar-refractivity contribution in [3.63, 3.8) is 0 Å². The molecule has 0 aliphatic carbocycles. The van der Waals surface area contributed by atoms with E-state index in [0.29, 0.717) is 62.2 Å². The van der Waals surface area contributed by atoms with Gasteiger partial charge in [-0.25, -0.2) is 9.59 Å². The number of nitrogens with one attached hydrogen (secondary N) is 2. The third kappa shape index (κ3) is 60.2. The smallest absolute Gasteiger partial charge is 0.407 e. The summed E-state index contributed by atoms with van der Waals surface area (Å²) in [5, 5.41) is 4.89. The van der Waals surface area contributed by atoms with Gasteiger partial charge >= 0.3 is 12.2 Å². The SMILES string of the molecule is C.C=C(OCC(C)CC)C(C)C.COCC(C)C(=O)C(C)C.COCCOCCOC(=O)NCC(NC(=O)OCCOCCOC)C(=O)C(C)C.CSCC(C)C(=O)C(C)C.CSCC(C)C(=O)C(C)C.CSCC(C)C(=O)C(C)C. The highest BCUT2D eigenvalue weighted by atomic mass is 32.2. The fourth-order valence-corrected chi connectivity index (χ4v) is 8.05. The number of carbonyl (C=O) groups excluding carboxylic acids is 7. The molecule has 484 valence electrons. The average molecular weight is 1220 g/mol. The summed E-state index contributed by atoms with van der Waals surface area (Å²) in [6.45, 7) is 42.7. The van der Waals surface area contributed by atoms with E-state index in [0.717, 1.165) is 29.6 Å². The zero-order valence-corrected chi connectivity index (χ0v) is 57.0. The molecule has 0 rings (SSSR count). The molecule has 2 N–H and O–H groups in total. The molecule has 0 aromatic rings. The van der Waals surface area contributed by atoms with Crippen molar-refractivity contribution in [3.8, 4) is 0 Å². The number of hydrogen-bond acceptors (Lipinski definition) is 18. The van der Waals surface area contributed by atoms with Crippen molar-refractivity contribution in [2.45, 2.75) is 145 Å². The van der Waals surface area contributed by atoms with Crippen molar-refractivity contribution >= 4 is 76.4 Å². The molecule has 81 heavy (non-hydrogen) atoms. The van der Waals surface area contributed by atoms with Crippen LogP contribution in [0.15, 0.2) is 12.3 Å². The van der Waals surface area contributed by atoms with Crippen LogP contribution in [-0.2, 0) is 61.9 Å². The first kappa shape index (κ1) is 92.0. The summed E-state index contributed by atoms with van der Waals surface area (Å²) < 4.78 is 40.2. The van der Waals surface area contributed by atoms with Crippen molar-refractivity contribution in [1.29, 1.82) is 0 Å². The third-order valence-corrected chi connectivity index (χ3v) is 13.7. The van der Waals surface area contributed by atoms with Gasteiger partial charge in [-0.15, -0.1) is 0 Å².